The van der Waals surface area contributed by atoms with Crippen LogP contribution in [0, 0.1) is 0 Å². The summed E-state index contributed by atoms with van der Waals surface area (Å²) in [5, 5.41) is 7.22. The summed E-state index contributed by atoms with van der Waals surface area (Å²) in [4.78, 5) is 26.7. The molecule has 5 rings (SSSR count). The van der Waals surface area contributed by atoms with E-state index in [1.807, 2.05) is 6.20 Å². The third-order valence-corrected chi connectivity index (χ3v) is 5.61. The Morgan fingerprint density at radius 2 is 1.90 bits per heavy atom. The van der Waals surface area contributed by atoms with E-state index >= 15 is 0 Å². The fraction of sp³-hybridized carbons (Fsp3) is 0.208. The number of carbonyl (C=O) groups is 1. The van der Waals surface area contributed by atoms with Gasteiger partial charge in [0, 0.05) is 68.5 Å². The van der Waals surface area contributed by atoms with Gasteiger partial charge in [-0.1, -0.05) is 24.3 Å². The number of benzene rings is 1. The highest BCUT2D eigenvalue weighted by Crippen LogP contribution is 2.28. The van der Waals surface area contributed by atoms with Crippen molar-refractivity contribution in [1.82, 2.24) is 25.2 Å². The van der Waals surface area contributed by atoms with Crippen LogP contribution in [-0.2, 0) is 6.54 Å². The van der Waals surface area contributed by atoms with Gasteiger partial charge in [-0.05, 0) is 29.3 Å². The molecule has 0 unspecified atom stereocenters. The minimum Gasteiger partial charge on any atom is -0.344 e. The van der Waals surface area contributed by atoms with Crippen molar-refractivity contribution in [2.75, 3.05) is 31.5 Å². The predicted molar refractivity (Wildman–Crippen MR) is 122 cm³/mol. The van der Waals surface area contributed by atoms with E-state index in [0.717, 1.165) is 54.9 Å². The number of anilines is 1. The molecule has 4 heterocycles. The molecule has 7 nitrogen and oxygen atoms in total. The van der Waals surface area contributed by atoms with Gasteiger partial charge in [0.2, 0.25) is 0 Å². The summed E-state index contributed by atoms with van der Waals surface area (Å²) in [6.07, 6.45) is 6.83. The summed E-state index contributed by atoms with van der Waals surface area (Å²) in [7, 11) is 0. The maximum absolute atomic E-state index is 12.5. The van der Waals surface area contributed by atoms with E-state index in [-0.39, 0.29) is 5.91 Å². The summed E-state index contributed by atoms with van der Waals surface area (Å²) in [6, 6.07) is 14.2. The molecule has 156 valence electrons. The predicted octanol–water partition coefficient (Wildman–Crippen LogP) is 3.28. The zero-order valence-corrected chi connectivity index (χ0v) is 17.1. The number of nitrogens with one attached hydrogen (secondary N) is 3. The molecule has 3 aromatic heterocycles. The van der Waals surface area contributed by atoms with Crippen molar-refractivity contribution in [1.29, 1.82) is 0 Å². The highest BCUT2D eigenvalue weighted by Gasteiger charge is 2.13. The lowest BCUT2D eigenvalue weighted by Crippen LogP contribution is -2.42. The molecular formula is C24H24N6O. The minimum absolute atomic E-state index is 0.198. The SMILES string of the molecule is O=C(Nc1c[nH]c2ncc(-c3ccc(CN4CCNCC4)cc3)cc12)c1cccnc1. The van der Waals surface area contributed by atoms with Crippen LogP contribution < -0.4 is 10.6 Å². The minimum atomic E-state index is -0.198. The van der Waals surface area contributed by atoms with E-state index < -0.39 is 0 Å². The Hall–Kier alpha value is -3.55. The van der Waals surface area contributed by atoms with Gasteiger partial charge in [-0.25, -0.2) is 4.98 Å². The lowest BCUT2D eigenvalue weighted by atomic mass is 10.0. The fourth-order valence-electron chi connectivity index (χ4n) is 3.89. The average Bonchev–Trinajstić information content (AvgIpc) is 3.23. The summed E-state index contributed by atoms with van der Waals surface area (Å²) in [5.74, 6) is -0.198. The van der Waals surface area contributed by atoms with Gasteiger partial charge >= 0.3 is 0 Å². The van der Waals surface area contributed by atoms with Crippen LogP contribution >= 0.6 is 0 Å². The summed E-state index contributed by atoms with van der Waals surface area (Å²) >= 11 is 0. The lowest BCUT2D eigenvalue weighted by molar-refractivity contribution is 0.102. The molecule has 0 saturated carbocycles. The zero-order valence-electron chi connectivity index (χ0n) is 17.1. The third-order valence-electron chi connectivity index (χ3n) is 5.61. The molecule has 1 amide bonds. The molecule has 1 saturated heterocycles. The first-order valence-electron chi connectivity index (χ1n) is 10.5. The molecule has 7 heteroatoms. The fourth-order valence-corrected chi connectivity index (χ4v) is 3.89. The second kappa shape index (κ2) is 8.67. The number of hydrogen-bond donors (Lipinski definition) is 3. The van der Waals surface area contributed by atoms with Crippen molar-refractivity contribution in [2.45, 2.75) is 6.54 Å². The maximum atomic E-state index is 12.5. The molecule has 0 radical (unpaired) electrons. The van der Waals surface area contributed by atoms with Crippen LogP contribution in [0.4, 0.5) is 5.69 Å². The van der Waals surface area contributed by atoms with Gasteiger partial charge < -0.3 is 15.6 Å². The van der Waals surface area contributed by atoms with E-state index in [1.165, 1.54) is 5.56 Å². The van der Waals surface area contributed by atoms with Crippen LogP contribution in [0.5, 0.6) is 0 Å². The average molecular weight is 412 g/mol. The smallest absolute Gasteiger partial charge is 0.257 e. The largest absolute Gasteiger partial charge is 0.344 e. The normalized spacial score (nSPS) is 14.6. The van der Waals surface area contributed by atoms with E-state index in [1.54, 1.807) is 30.7 Å². The molecule has 4 aromatic rings. The number of nitrogens with zero attached hydrogens (tertiary/aromatic N) is 3. The Morgan fingerprint density at radius 1 is 1.06 bits per heavy atom. The lowest BCUT2D eigenvalue weighted by Gasteiger charge is -2.27. The molecule has 1 fully saturated rings. The number of aromatic nitrogens is 3. The van der Waals surface area contributed by atoms with Gasteiger partial charge in [-0.15, -0.1) is 0 Å². The van der Waals surface area contributed by atoms with Crippen LogP contribution in [0.3, 0.4) is 0 Å². The van der Waals surface area contributed by atoms with Crippen LogP contribution in [-0.4, -0.2) is 51.9 Å². The van der Waals surface area contributed by atoms with Gasteiger partial charge in [0.1, 0.15) is 5.65 Å². The van der Waals surface area contributed by atoms with E-state index in [2.05, 4.69) is 60.8 Å². The topological polar surface area (TPSA) is 85.9 Å². The van der Waals surface area contributed by atoms with E-state index in [4.69, 9.17) is 0 Å². The molecule has 1 aliphatic rings. The maximum Gasteiger partial charge on any atom is 0.257 e. The first-order valence-corrected chi connectivity index (χ1v) is 10.5. The molecule has 31 heavy (non-hydrogen) atoms. The number of rotatable bonds is 5. The number of pyridine rings is 2. The van der Waals surface area contributed by atoms with Crippen molar-refractivity contribution >= 4 is 22.6 Å². The zero-order chi connectivity index (χ0) is 21.0. The Balaban J connectivity index is 1.35. The Morgan fingerprint density at radius 3 is 2.68 bits per heavy atom. The van der Waals surface area contributed by atoms with Gasteiger partial charge in [-0.2, -0.15) is 0 Å². The van der Waals surface area contributed by atoms with Crippen LogP contribution in [0.25, 0.3) is 22.2 Å². The quantitative estimate of drug-likeness (QED) is 0.468. The number of carbonyl (C=O) groups excluding carboxylic acids is 1. The number of amides is 1. The molecule has 0 atom stereocenters. The van der Waals surface area contributed by atoms with Crippen molar-refractivity contribution in [2.24, 2.45) is 0 Å². The molecule has 3 N–H and O–H groups in total. The molecule has 1 aliphatic heterocycles. The summed E-state index contributed by atoms with van der Waals surface area (Å²) in [5.41, 5.74) is 5.38. The molecule has 0 bridgehead atoms. The van der Waals surface area contributed by atoms with Gasteiger partial charge in [0.15, 0.2) is 0 Å². The summed E-state index contributed by atoms with van der Waals surface area (Å²) in [6.45, 7) is 5.26. The van der Waals surface area contributed by atoms with Gasteiger partial charge in [-0.3, -0.25) is 14.7 Å². The number of fused-ring (bicyclic) bond motifs is 1. The van der Waals surface area contributed by atoms with Crippen molar-refractivity contribution in [3.8, 4) is 11.1 Å². The van der Waals surface area contributed by atoms with E-state index in [0.29, 0.717) is 11.3 Å². The van der Waals surface area contributed by atoms with Crippen molar-refractivity contribution < 1.29 is 4.79 Å². The van der Waals surface area contributed by atoms with Crippen LogP contribution in [0.1, 0.15) is 15.9 Å². The number of hydrogen-bond acceptors (Lipinski definition) is 5. The van der Waals surface area contributed by atoms with Crippen molar-refractivity contribution in [3.63, 3.8) is 0 Å². The second-order valence-electron chi connectivity index (χ2n) is 7.74. The highest BCUT2D eigenvalue weighted by molar-refractivity contribution is 6.08. The second-order valence-corrected chi connectivity index (χ2v) is 7.74. The standard InChI is InChI=1S/C24H24N6O/c31-24(19-2-1-7-26-13-19)29-22-15-28-23-21(22)12-20(14-27-23)18-5-3-17(4-6-18)16-30-10-8-25-9-11-30/h1-7,12-15,25H,8-11,16H2,(H,27,28)(H,29,31). The summed E-state index contributed by atoms with van der Waals surface area (Å²) < 4.78 is 0. The van der Waals surface area contributed by atoms with Crippen LogP contribution in [0.15, 0.2) is 67.3 Å². The van der Waals surface area contributed by atoms with Crippen LogP contribution in [0.2, 0.25) is 0 Å². The Kier molecular flexibility index (Phi) is 5.43. The molecule has 0 spiro atoms. The number of aromatic amines is 1. The molecule has 1 aromatic carbocycles. The third kappa shape index (κ3) is 4.33. The highest BCUT2D eigenvalue weighted by atomic mass is 16.1. The molecular weight excluding hydrogens is 388 g/mol. The first-order chi connectivity index (χ1) is 15.3. The Bertz CT molecular complexity index is 1180. The van der Waals surface area contributed by atoms with Gasteiger partial charge in [0.25, 0.3) is 5.91 Å². The number of H-pyrrole nitrogens is 1. The Labute approximate surface area is 180 Å². The van der Waals surface area contributed by atoms with E-state index in [9.17, 15) is 4.79 Å². The monoisotopic (exact) mass is 412 g/mol. The van der Waals surface area contributed by atoms with Crippen molar-refractivity contribution in [3.05, 3.63) is 78.4 Å². The number of piperazine rings is 1. The molecule has 0 aliphatic carbocycles. The first kappa shape index (κ1) is 19.4. The van der Waals surface area contributed by atoms with Gasteiger partial charge in [0.05, 0.1) is 11.3 Å².